The second kappa shape index (κ2) is 9.94. The van der Waals surface area contributed by atoms with E-state index in [0.29, 0.717) is 45.2 Å². The minimum Gasteiger partial charge on any atom is -0.366 e. The summed E-state index contributed by atoms with van der Waals surface area (Å²) in [6.07, 6.45) is 0. The summed E-state index contributed by atoms with van der Waals surface area (Å²) >= 11 is 1.77. The SMILES string of the molecule is CN=C(NCCS(=O)(=O)N1CCSCC1)N1CCN(c2cc(F)ccc2F)CC1. The molecule has 0 radical (unpaired) electrons. The Morgan fingerprint density at radius 2 is 1.83 bits per heavy atom. The predicted molar refractivity (Wildman–Crippen MR) is 114 cm³/mol. The normalized spacial score (nSPS) is 19.5. The number of thioether (sulfide) groups is 1. The zero-order valence-electron chi connectivity index (χ0n) is 16.5. The Kier molecular flexibility index (Phi) is 7.58. The maximum Gasteiger partial charge on any atom is 0.215 e. The van der Waals surface area contributed by atoms with Gasteiger partial charge in [-0.25, -0.2) is 21.5 Å². The van der Waals surface area contributed by atoms with Crippen LogP contribution >= 0.6 is 11.8 Å². The van der Waals surface area contributed by atoms with Crippen LogP contribution in [0.2, 0.25) is 0 Å². The molecular formula is C18H27F2N5O2S2. The molecule has 1 N–H and O–H groups in total. The number of aliphatic imine (C=N–C) groups is 1. The van der Waals surface area contributed by atoms with Crippen LogP contribution in [0.15, 0.2) is 23.2 Å². The maximum absolute atomic E-state index is 14.0. The highest BCUT2D eigenvalue weighted by Gasteiger charge is 2.25. The van der Waals surface area contributed by atoms with E-state index in [2.05, 4.69) is 10.3 Å². The number of rotatable bonds is 5. The number of guanidine groups is 1. The van der Waals surface area contributed by atoms with Crippen LogP contribution in [0.5, 0.6) is 0 Å². The van der Waals surface area contributed by atoms with Gasteiger partial charge in [0.2, 0.25) is 10.0 Å². The summed E-state index contributed by atoms with van der Waals surface area (Å²) in [5.74, 6) is 1.41. The highest BCUT2D eigenvalue weighted by Crippen LogP contribution is 2.22. The minimum atomic E-state index is -3.27. The third kappa shape index (κ3) is 5.73. The number of sulfonamides is 1. The lowest BCUT2D eigenvalue weighted by molar-refractivity contribution is 0.371. The molecule has 0 bridgehead atoms. The summed E-state index contributed by atoms with van der Waals surface area (Å²) in [5.41, 5.74) is 0.262. The molecule has 0 aromatic heterocycles. The second-order valence-electron chi connectivity index (χ2n) is 6.87. The number of benzene rings is 1. The van der Waals surface area contributed by atoms with Gasteiger partial charge in [0, 0.05) is 70.4 Å². The molecule has 29 heavy (non-hydrogen) atoms. The Hall–Kier alpha value is -1.59. The molecule has 7 nitrogen and oxygen atoms in total. The number of nitrogens with one attached hydrogen (secondary N) is 1. The Morgan fingerprint density at radius 1 is 1.14 bits per heavy atom. The first-order valence-corrected chi connectivity index (χ1v) is 12.4. The number of hydrogen-bond donors (Lipinski definition) is 1. The third-order valence-corrected chi connectivity index (χ3v) is 7.86. The molecule has 2 heterocycles. The molecule has 0 aliphatic carbocycles. The van der Waals surface area contributed by atoms with Crippen molar-refractivity contribution in [3.63, 3.8) is 0 Å². The summed E-state index contributed by atoms with van der Waals surface area (Å²) < 4.78 is 53.9. The van der Waals surface area contributed by atoms with Gasteiger partial charge in [-0.15, -0.1) is 0 Å². The fourth-order valence-electron chi connectivity index (χ4n) is 3.47. The molecule has 2 saturated heterocycles. The number of anilines is 1. The molecule has 0 amide bonds. The average Bonchev–Trinajstić information content (AvgIpc) is 2.74. The first-order valence-electron chi connectivity index (χ1n) is 9.62. The van der Waals surface area contributed by atoms with Crippen LogP contribution in [-0.2, 0) is 10.0 Å². The topological polar surface area (TPSA) is 68.2 Å². The van der Waals surface area contributed by atoms with Gasteiger partial charge < -0.3 is 15.1 Å². The van der Waals surface area contributed by atoms with Crippen molar-refractivity contribution in [2.45, 2.75) is 0 Å². The molecule has 1 aromatic carbocycles. The van der Waals surface area contributed by atoms with Crippen LogP contribution in [-0.4, -0.2) is 93.7 Å². The Morgan fingerprint density at radius 3 is 2.48 bits per heavy atom. The summed E-state index contributed by atoms with van der Waals surface area (Å²) in [4.78, 5) is 8.04. The van der Waals surface area contributed by atoms with Crippen molar-refractivity contribution in [1.29, 1.82) is 0 Å². The van der Waals surface area contributed by atoms with Gasteiger partial charge in [0.25, 0.3) is 0 Å². The molecular weight excluding hydrogens is 420 g/mol. The maximum atomic E-state index is 14.0. The zero-order valence-corrected chi connectivity index (χ0v) is 18.1. The zero-order chi connectivity index (χ0) is 20.9. The van der Waals surface area contributed by atoms with Crippen molar-refractivity contribution in [3.8, 4) is 0 Å². The van der Waals surface area contributed by atoms with Crippen molar-refractivity contribution in [1.82, 2.24) is 14.5 Å². The van der Waals surface area contributed by atoms with E-state index in [1.54, 1.807) is 28.0 Å². The van der Waals surface area contributed by atoms with Crippen LogP contribution in [0.25, 0.3) is 0 Å². The largest absolute Gasteiger partial charge is 0.366 e. The molecule has 162 valence electrons. The van der Waals surface area contributed by atoms with Crippen LogP contribution < -0.4 is 10.2 Å². The molecule has 3 rings (SSSR count). The van der Waals surface area contributed by atoms with Gasteiger partial charge in [-0.1, -0.05) is 0 Å². The molecule has 0 atom stereocenters. The number of halogens is 2. The highest BCUT2D eigenvalue weighted by molar-refractivity contribution is 7.99. The fraction of sp³-hybridized carbons (Fsp3) is 0.611. The highest BCUT2D eigenvalue weighted by atomic mass is 32.2. The van der Waals surface area contributed by atoms with Crippen molar-refractivity contribution >= 4 is 33.4 Å². The van der Waals surface area contributed by atoms with E-state index >= 15 is 0 Å². The monoisotopic (exact) mass is 447 g/mol. The predicted octanol–water partition coefficient (Wildman–Crippen LogP) is 1.04. The van der Waals surface area contributed by atoms with Crippen molar-refractivity contribution in [2.75, 3.05) is 75.0 Å². The van der Waals surface area contributed by atoms with E-state index in [1.165, 1.54) is 6.07 Å². The van der Waals surface area contributed by atoms with E-state index in [0.717, 1.165) is 23.6 Å². The van der Waals surface area contributed by atoms with Gasteiger partial charge in [-0.05, 0) is 12.1 Å². The molecule has 0 unspecified atom stereocenters. The first kappa shape index (κ1) is 22.1. The van der Waals surface area contributed by atoms with E-state index in [9.17, 15) is 17.2 Å². The van der Waals surface area contributed by atoms with Crippen LogP contribution in [0, 0.1) is 11.6 Å². The molecule has 0 spiro atoms. The first-order chi connectivity index (χ1) is 13.9. The molecule has 11 heteroatoms. The van der Waals surface area contributed by atoms with E-state index in [-0.39, 0.29) is 18.0 Å². The molecule has 2 aliphatic rings. The van der Waals surface area contributed by atoms with Gasteiger partial charge in [0.1, 0.15) is 11.6 Å². The average molecular weight is 448 g/mol. The van der Waals surface area contributed by atoms with Crippen LogP contribution in [0.3, 0.4) is 0 Å². The van der Waals surface area contributed by atoms with Crippen molar-refractivity contribution in [3.05, 3.63) is 29.8 Å². The van der Waals surface area contributed by atoms with E-state index < -0.39 is 21.7 Å². The lowest BCUT2D eigenvalue weighted by atomic mass is 10.2. The van der Waals surface area contributed by atoms with Gasteiger partial charge >= 0.3 is 0 Å². The van der Waals surface area contributed by atoms with Crippen molar-refractivity contribution in [2.24, 2.45) is 4.99 Å². The minimum absolute atomic E-state index is 0.0190. The van der Waals surface area contributed by atoms with Gasteiger partial charge in [-0.2, -0.15) is 11.8 Å². The summed E-state index contributed by atoms with van der Waals surface area (Å²) in [6.45, 7) is 3.60. The van der Waals surface area contributed by atoms with E-state index in [1.807, 2.05) is 4.90 Å². The third-order valence-electron chi connectivity index (χ3n) is 5.05. The smallest absolute Gasteiger partial charge is 0.215 e. The Balaban J connectivity index is 1.49. The number of nitrogens with zero attached hydrogens (tertiary/aromatic N) is 4. The fourth-order valence-corrected chi connectivity index (χ4v) is 5.96. The van der Waals surface area contributed by atoms with Gasteiger partial charge in [0.05, 0.1) is 11.4 Å². The van der Waals surface area contributed by atoms with E-state index in [4.69, 9.17) is 0 Å². The summed E-state index contributed by atoms with van der Waals surface area (Å²) in [6, 6.07) is 3.46. The summed E-state index contributed by atoms with van der Waals surface area (Å²) in [7, 11) is -1.62. The second-order valence-corrected chi connectivity index (χ2v) is 10.2. The molecule has 0 saturated carbocycles. The lowest BCUT2D eigenvalue weighted by Gasteiger charge is -2.37. The molecule has 1 aromatic rings. The van der Waals surface area contributed by atoms with Crippen molar-refractivity contribution < 1.29 is 17.2 Å². The number of hydrogen-bond acceptors (Lipinski definition) is 5. The summed E-state index contributed by atoms with van der Waals surface area (Å²) in [5, 5.41) is 3.12. The quantitative estimate of drug-likeness (QED) is 0.538. The Labute approximate surface area is 175 Å². The molecule has 2 aliphatic heterocycles. The lowest BCUT2D eigenvalue weighted by Crippen LogP contribution is -2.53. The Bertz CT molecular complexity index is 824. The number of piperazine rings is 1. The van der Waals surface area contributed by atoms with Gasteiger partial charge in [-0.3, -0.25) is 4.99 Å². The van der Waals surface area contributed by atoms with Crippen LogP contribution in [0.4, 0.5) is 14.5 Å². The standard InChI is InChI=1S/C18H27F2N5O2S2/c1-21-18(22-4-13-29(26,27)25-9-11-28-12-10-25)24-7-5-23(6-8-24)17-14-15(19)2-3-16(17)20/h2-3,14H,4-13H2,1H3,(H,21,22). The molecule has 2 fully saturated rings. The van der Waals surface area contributed by atoms with Gasteiger partial charge in [0.15, 0.2) is 5.96 Å². The van der Waals surface area contributed by atoms with Crippen LogP contribution in [0.1, 0.15) is 0 Å².